The monoisotopic (exact) mass is 293 g/mol. The number of hydrogen-bond donors (Lipinski definition) is 1. The Balaban J connectivity index is 2.49. The maximum absolute atomic E-state index is 13.1. The van der Waals surface area contributed by atoms with Gasteiger partial charge in [0.25, 0.3) is 0 Å². The van der Waals surface area contributed by atoms with Gasteiger partial charge in [0.15, 0.2) is 0 Å². The fraction of sp³-hybridized carbons (Fsp3) is 0.333. The van der Waals surface area contributed by atoms with Gasteiger partial charge in [0.2, 0.25) is 0 Å². The predicted octanol–water partition coefficient (Wildman–Crippen LogP) is 4.15. The lowest BCUT2D eigenvalue weighted by Crippen LogP contribution is -2.02. The van der Waals surface area contributed by atoms with Crippen LogP contribution in [-0.2, 0) is 6.42 Å². The summed E-state index contributed by atoms with van der Waals surface area (Å²) in [7, 11) is 0. The summed E-state index contributed by atoms with van der Waals surface area (Å²) >= 11 is 1.15. The fourth-order valence-electron chi connectivity index (χ4n) is 2.03. The van der Waals surface area contributed by atoms with Crippen LogP contribution in [0.4, 0.5) is 4.39 Å². The molecule has 5 heteroatoms. The SMILES string of the molecule is Cc1cc(F)ccc1-c1nc(CC(C)C)c(C(=O)O)s1. The number of aromatic carboxylic acids is 1. The minimum atomic E-state index is -0.954. The van der Waals surface area contributed by atoms with Crippen LogP contribution in [0.15, 0.2) is 18.2 Å². The molecule has 0 aliphatic heterocycles. The molecule has 0 radical (unpaired) electrons. The molecule has 0 atom stereocenters. The standard InChI is InChI=1S/C15H16FNO2S/c1-8(2)6-12-13(15(18)19)20-14(17-12)11-5-4-10(16)7-9(11)3/h4-5,7-8H,6H2,1-3H3,(H,18,19). The summed E-state index contributed by atoms with van der Waals surface area (Å²) in [4.78, 5) is 16.0. The van der Waals surface area contributed by atoms with Gasteiger partial charge in [0.05, 0.1) is 5.69 Å². The molecule has 0 spiro atoms. The van der Waals surface area contributed by atoms with E-state index in [4.69, 9.17) is 0 Å². The largest absolute Gasteiger partial charge is 0.477 e. The third-order valence-corrected chi connectivity index (χ3v) is 4.03. The van der Waals surface area contributed by atoms with Crippen LogP contribution < -0.4 is 0 Å². The quantitative estimate of drug-likeness (QED) is 0.921. The second-order valence-electron chi connectivity index (χ2n) is 5.16. The Hall–Kier alpha value is -1.75. The van der Waals surface area contributed by atoms with E-state index in [0.717, 1.165) is 22.5 Å². The van der Waals surface area contributed by atoms with Crippen molar-refractivity contribution in [3.63, 3.8) is 0 Å². The van der Waals surface area contributed by atoms with Gasteiger partial charge < -0.3 is 5.11 Å². The van der Waals surface area contributed by atoms with E-state index in [-0.39, 0.29) is 10.7 Å². The lowest BCUT2D eigenvalue weighted by Gasteiger charge is -2.02. The Morgan fingerprint density at radius 1 is 1.45 bits per heavy atom. The number of aryl methyl sites for hydroxylation is 1. The third kappa shape index (κ3) is 3.04. The minimum Gasteiger partial charge on any atom is -0.477 e. The maximum Gasteiger partial charge on any atom is 0.347 e. The number of benzene rings is 1. The second-order valence-corrected chi connectivity index (χ2v) is 6.16. The van der Waals surface area contributed by atoms with Crippen molar-refractivity contribution in [2.24, 2.45) is 5.92 Å². The molecule has 0 fully saturated rings. The van der Waals surface area contributed by atoms with E-state index in [9.17, 15) is 14.3 Å². The topological polar surface area (TPSA) is 50.2 Å². The molecule has 1 N–H and O–H groups in total. The van der Waals surface area contributed by atoms with E-state index < -0.39 is 5.97 Å². The molecule has 1 heterocycles. The molecular weight excluding hydrogens is 277 g/mol. The highest BCUT2D eigenvalue weighted by atomic mass is 32.1. The first-order valence-corrected chi connectivity index (χ1v) is 7.19. The van der Waals surface area contributed by atoms with Crippen LogP contribution in [-0.4, -0.2) is 16.1 Å². The number of thiazole rings is 1. The number of carbonyl (C=O) groups is 1. The van der Waals surface area contributed by atoms with Crippen LogP contribution in [0.3, 0.4) is 0 Å². The molecule has 1 aromatic carbocycles. The van der Waals surface area contributed by atoms with Crippen molar-refractivity contribution in [2.75, 3.05) is 0 Å². The molecule has 1 aromatic heterocycles. The number of aromatic nitrogens is 1. The first-order chi connectivity index (χ1) is 9.38. The molecule has 0 unspecified atom stereocenters. The predicted molar refractivity (Wildman–Crippen MR) is 77.7 cm³/mol. The molecule has 0 saturated heterocycles. The van der Waals surface area contributed by atoms with E-state index in [2.05, 4.69) is 4.98 Å². The summed E-state index contributed by atoms with van der Waals surface area (Å²) in [5.74, 6) is -0.926. The summed E-state index contributed by atoms with van der Waals surface area (Å²) in [5, 5.41) is 9.90. The van der Waals surface area contributed by atoms with Gasteiger partial charge in [-0.15, -0.1) is 11.3 Å². The van der Waals surface area contributed by atoms with Crippen molar-refractivity contribution in [3.05, 3.63) is 40.2 Å². The Morgan fingerprint density at radius 2 is 2.15 bits per heavy atom. The summed E-state index contributed by atoms with van der Waals surface area (Å²) in [6.45, 7) is 5.84. The minimum absolute atomic E-state index is 0.275. The second kappa shape index (κ2) is 5.71. The molecule has 3 nitrogen and oxygen atoms in total. The van der Waals surface area contributed by atoms with Crippen LogP contribution in [0.25, 0.3) is 10.6 Å². The zero-order valence-electron chi connectivity index (χ0n) is 11.6. The van der Waals surface area contributed by atoms with Gasteiger partial charge in [-0.3, -0.25) is 0 Å². The van der Waals surface area contributed by atoms with Gasteiger partial charge in [0.1, 0.15) is 15.7 Å². The van der Waals surface area contributed by atoms with E-state index in [1.807, 2.05) is 13.8 Å². The van der Waals surface area contributed by atoms with Gasteiger partial charge in [0, 0.05) is 5.56 Å². The van der Waals surface area contributed by atoms with E-state index >= 15 is 0 Å². The lowest BCUT2D eigenvalue weighted by atomic mass is 10.1. The van der Waals surface area contributed by atoms with Gasteiger partial charge >= 0.3 is 5.97 Å². The number of carboxylic acid groups (broad SMARTS) is 1. The molecule has 20 heavy (non-hydrogen) atoms. The molecule has 0 saturated carbocycles. The average Bonchev–Trinajstić information content (AvgIpc) is 2.71. The van der Waals surface area contributed by atoms with Gasteiger partial charge in [-0.05, 0) is 43.0 Å². The number of nitrogens with zero attached hydrogens (tertiary/aromatic N) is 1. The van der Waals surface area contributed by atoms with Crippen LogP contribution in [0.2, 0.25) is 0 Å². The molecule has 0 aliphatic carbocycles. The summed E-state index contributed by atoms with van der Waals surface area (Å²) < 4.78 is 13.1. The van der Waals surface area contributed by atoms with E-state index in [1.54, 1.807) is 13.0 Å². The molecule has 106 valence electrons. The Morgan fingerprint density at radius 3 is 2.70 bits per heavy atom. The van der Waals surface area contributed by atoms with E-state index in [1.165, 1.54) is 12.1 Å². The summed E-state index contributed by atoms with van der Waals surface area (Å²) in [6, 6.07) is 4.44. The van der Waals surface area contributed by atoms with Gasteiger partial charge in [-0.25, -0.2) is 14.2 Å². The average molecular weight is 293 g/mol. The summed E-state index contributed by atoms with van der Waals surface area (Å²) in [6.07, 6.45) is 0.623. The molecule has 0 bridgehead atoms. The third-order valence-electron chi connectivity index (χ3n) is 2.91. The van der Waals surface area contributed by atoms with Crippen molar-refractivity contribution < 1.29 is 14.3 Å². The number of carboxylic acids is 1. The number of rotatable bonds is 4. The normalized spacial score (nSPS) is 11.1. The smallest absolute Gasteiger partial charge is 0.347 e. The fourth-order valence-corrected chi connectivity index (χ4v) is 3.05. The van der Waals surface area contributed by atoms with Crippen LogP contribution in [0.1, 0.15) is 34.8 Å². The van der Waals surface area contributed by atoms with Crippen molar-refractivity contribution >= 4 is 17.3 Å². The number of halogens is 1. The highest BCUT2D eigenvalue weighted by Gasteiger charge is 2.19. The lowest BCUT2D eigenvalue weighted by molar-refractivity contribution is 0.0700. The maximum atomic E-state index is 13.1. The van der Waals surface area contributed by atoms with Crippen molar-refractivity contribution in [1.82, 2.24) is 4.98 Å². The van der Waals surface area contributed by atoms with Crippen LogP contribution in [0, 0.1) is 18.7 Å². The Bertz CT molecular complexity index is 649. The highest BCUT2D eigenvalue weighted by Crippen LogP contribution is 2.31. The zero-order chi connectivity index (χ0) is 14.9. The molecule has 0 aliphatic rings. The van der Waals surface area contributed by atoms with Crippen molar-refractivity contribution in [3.8, 4) is 10.6 Å². The zero-order valence-corrected chi connectivity index (χ0v) is 12.4. The van der Waals surface area contributed by atoms with Gasteiger partial charge in [-0.1, -0.05) is 13.8 Å². The Kier molecular flexibility index (Phi) is 4.18. The Labute approximate surface area is 121 Å². The molecule has 0 amide bonds. The summed E-state index contributed by atoms with van der Waals surface area (Å²) in [5.41, 5.74) is 2.15. The first kappa shape index (κ1) is 14.7. The highest BCUT2D eigenvalue weighted by molar-refractivity contribution is 7.17. The van der Waals surface area contributed by atoms with Crippen LogP contribution >= 0.6 is 11.3 Å². The van der Waals surface area contributed by atoms with Gasteiger partial charge in [-0.2, -0.15) is 0 Å². The van der Waals surface area contributed by atoms with Crippen molar-refractivity contribution in [1.29, 1.82) is 0 Å². The molecule has 2 aromatic rings. The first-order valence-electron chi connectivity index (χ1n) is 6.38. The molecular formula is C15H16FNO2S. The van der Waals surface area contributed by atoms with Crippen molar-refractivity contribution in [2.45, 2.75) is 27.2 Å². The molecule has 2 rings (SSSR count). The van der Waals surface area contributed by atoms with Crippen LogP contribution in [0.5, 0.6) is 0 Å². The number of hydrogen-bond acceptors (Lipinski definition) is 3. The van der Waals surface area contributed by atoms with E-state index in [0.29, 0.717) is 23.0 Å².